The van der Waals surface area contributed by atoms with Gasteiger partial charge in [-0.1, -0.05) is 43.6 Å². The molecule has 5 heteroatoms. The monoisotopic (exact) mass is 302 g/mol. The summed E-state index contributed by atoms with van der Waals surface area (Å²) < 4.78 is 5.82. The summed E-state index contributed by atoms with van der Waals surface area (Å²) in [6, 6.07) is 11.1. The number of hydrogen-bond acceptors (Lipinski definition) is 3. The van der Waals surface area contributed by atoms with Crippen LogP contribution in [0.2, 0.25) is 5.15 Å². The lowest BCUT2D eigenvalue weighted by Gasteiger charge is -2.36. The fraction of sp³-hybridized carbons (Fsp3) is 0.250. The van der Waals surface area contributed by atoms with Crippen LogP contribution in [0.1, 0.15) is 30.9 Å². The van der Waals surface area contributed by atoms with Crippen LogP contribution in [-0.2, 0) is 4.79 Å². The van der Waals surface area contributed by atoms with Crippen molar-refractivity contribution in [2.45, 2.75) is 19.8 Å². The van der Waals surface area contributed by atoms with Crippen molar-refractivity contribution in [1.82, 2.24) is 4.98 Å². The Balaban J connectivity index is 2.26. The highest BCUT2D eigenvalue weighted by atomic mass is 35.5. The Morgan fingerprint density at radius 1 is 1.24 bits per heavy atom. The molecule has 1 aromatic heterocycles. The minimum Gasteiger partial charge on any atom is -0.438 e. The fourth-order valence-electron chi connectivity index (χ4n) is 2.73. The standard InChI is InChI=1S/C16H15ClN2O2/c1-16(2,15(18)20)13-9-5-3-4-6-11(9)21-14-10(13)7-8-12(17)19-14/h3-8,13H,1-2H3,(H2,18,20). The van der Waals surface area contributed by atoms with Gasteiger partial charge in [0.05, 0.1) is 5.41 Å². The van der Waals surface area contributed by atoms with Gasteiger partial charge >= 0.3 is 0 Å². The van der Waals surface area contributed by atoms with Crippen LogP contribution in [0, 0.1) is 5.41 Å². The van der Waals surface area contributed by atoms with E-state index in [-0.39, 0.29) is 11.8 Å². The first-order valence-corrected chi connectivity index (χ1v) is 7.02. The molecule has 1 aliphatic rings. The number of nitrogens with two attached hydrogens (primary N) is 1. The van der Waals surface area contributed by atoms with E-state index < -0.39 is 5.41 Å². The van der Waals surface area contributed by atoms with E-state index in [0.29, 0.717) is 16.8 Å². The third-order valence-electron chi connectivity index (χ3n) is 3.96. The van der Waals surface area contributed by atoms with E-state index in [4.69, 9.17) is 22.1 Å². The molecule has 4 nitrogen and oxygen atoms in total. The number of carbonyl (C=O) groups is 1. The topological polar surface area (TPSA) is 65.2 Å². The highest BCUT2D eigenvalue weighted by molar-refractivity contribution is 6.29. The molecule has 0 aliphatic carbocycles. The molecule has 3 rings (SSSR count). The lowest BCUT2D eigenvalue weighted by atomic mass is 9.70. The summed E-state index contributed by atoms with van der Waals surface area (Å²) >= 11 is 5.95. The van der Waals surface area contributed by atoms with Crippen molar-refractivity contribution in [3.05, 3.63) is 52.7 Å². The molecule has 2 N–H and O–H groups in total. The Labute approximate surface area is 127 Å². The number of primary amides is 1. The largest absolute Gasteiger partial charge is 0.438 e. The summed E-state index contributed by atoms with van der Waals surface area (Å²) in [5.41, 5.74) is 6.60. The Bertz CT molecular complexity index is 728. The quantitative estimate of drug-likeness (QED) is 0.864. The number of benzene rings is 1. The molecule has 1 atom stereocenters. The van der Waals surface area contributed by atoms with Crippen LogP contribution in [0.5, 0.6) is 11.6 Å². The molecule has 0 spiro atoms. The van der Waals surface area contributed by atoms with Crippen LogP contribution in [0.25, 0.3) is 0 Å². The molecule has 0 bridgehead atoms. The van der Waals surface area contributed by atoms with Gasteiger partial charge in [-0.3, -0.25) is 4.79 Å². The maximum absolute atomic E-state index is 11.9. The minimum atomic E-state index is -0.774. The lowest BCUT2D eigenvalue weighted by molar-refractivity contribution is -0.126. The van der Waals surface area contributed by atoms with E-state index in [1.165, 1.54) is 0 Å². The second kappa shape index (κ2) is 4.74. The van der Waals surface area contributed by atoms with Crippen LogP contribution in [0.3, 0.4) is 0 Å². The molecule has 0 saturated carbocycles. The zero-order valence-corrected chi connectivity index (χ0v) is 12.5. The minimum absolute atomic E-state index is 0.222. The van der Waals surface area contributed by atoms with Crippen LogP contribution in [0.15, 0.2) is 36.4 Å². The molecule has 2 aromatic rings. The summed E-state index contributed by atoms with van der Waals surface area (Å²) in [7, 11) is 0. The Kier molecular flexibility index (Phi) is 3.14. The number of nitrogens with zero attached hydrogens (tertiary/aromatic N) is 1. The van der Waals surface area contributed by atoms with Crippen molar-refractivity contribution in [2.24, 2.45) is 11.1 Å². The van der Waals surface area contributed by atoms with Crippen molar-refractivity contribution in [3.8, 4) is 11.6 Å². The van der Waals surface area contributed by atoms with Gasteiger partial charge in [0.25, 0.3) is 0 Å². The first-order valence-electron chi connectivity index (χ1n) is 6.64. The molecule has 1 unspecified atom stereocenters. The molecule has 1 aliphatic heterocycles. The van der Waals surface area contributed by atoms with Crippen molar-refractivity contribution >= 4 is 17.5 Å². The Morgan fingerprint density at radius 2 is 1.95 bits per heavy atom. The van der Waals surface area contributed by atoms with Crippen molar-refractivity contribution in [3.63, 3.8) is 0 Å². The predicted octanol–water partition coefficient (Wildman–Crippen LogP) is 3.48. The Morgan fingerprint density at radius 3 is 2.67 bits per heavy atom. The van der Waals surface area contributed by atoms with Crippen LogP contribution < -0.4 is 10.5 Å². The number of hydrogen-bond donors (Lipinski definition) is 1. The molecule has 2 heterocycles. The van der Waals surface area contributed by atoms with Crippen molar-refractivity contribution < 1.29 is 9.53 Å². The van der Waals surface area contributed by atoms with Crippen molar-refractivity contribution in [1.29, 1.82) is 0 Å². The van der Waals surface area contributed by atoms with E-state index in [1.807, 2.05) is 44.2 Å². The second-order valence-corrected chi connectivity index (χ2v) is 6.07. The smallest absolute Gasteiger partial charge is 0.224 e. The number of fused-ring (bicyclic) bond motifs is 2. The highest BCUT2D eigenvalue weighted by Gasteiger charge is 2.42. The third kappa shape index (κ3) is 2.16. The normalized spacial score (nSPS) is 16.6. The average molecular weight is 303 g/mol. The number of halogens is 1. The van der Waals surface area contributed by atoms with Crippen LogP contribution >= 0.6 is 11.6 Å². The average Bonchev–Trinajstić information content (AvgIpc) is 2.44. The summed E-state index contributed by atoms with van der Waals surface area (Å²) in [4.78, 5) is 16.2. The number of rotatable bonds is 2. The number of pyridine rings is 1. The summed E-state index contributed by atoms with van der Waals surface area (Å²) in [6.45, 7) is 3.67. The molecule has 1 aromatic carbocycles. The molecule has 0 saturated heterocycles. The number of carbonyl (C=O) groups excluding carboxylic acids is 1. The van der Waals surface area contributed by atoms with Gasteiger partial charge in [0, 0.05) is 17.0 Å². The van der Waals surface area contributed by atoms with Gasteiger partial charge in [0.2, 0.25) is 11.8 Å². The van der Waals surface area contributed by atoms with E-state index in [9.17, 15) is 4.79 Å². The van der Waals surface area contributed by atoms with E-state index >= 15 is 0 Å². The Hall–Kier alpha value is -2.07. The van der Waals surface area contributed by atoms with Crippen LogP contribution in [-0.4, -0.2) is 10.9 Å². The van der Waals surface area contributed by atoms with Gasteiger partial charge in [-0.2, -0.15) is 0 Å². The number of para-hydroxylation sites is 1. The zero-order chi connectivity index (χ0) is 15.2. The van der Waals surface area contributed by atoms with Gasteiger partial charge < -0.3 is 10.5 Å². The second-order valence-electron chi connectivity index (χ2n) is 5.69. The molecule has 0 radical (unpaired) electrons. The summed E-state index contributed by atoms with van der Waals surface area (Å²) in [6.07, 6.45) is 0. The first kappa shape index (κ1) is 13.9. The van der Waals surface area contributed by atoms with Crippen molar-refractivity contribution in [2.75, 3.05) is 0 Å². The molecular weight excluding hydrogens is 288 g/mol. The molecule has 0 fully saturated rings. The number of ether oxygens (including phenoxy) is 1. The molecular formula is C16H15ClN2O2. The van der Waals surface area contributed by atoms with E-state index in [2.05, 4.69) is 4.98 Å². The number of amides is 1. The fourth-order valence-corrected chi connectivity index (χ4v) is 2.87. The first-order chi connectivity index (χ1) is 9.91. The summed E-state index contributed by atoms with van der Waals surface area (Å²) in [5.74, 6) is 0.518. The zero-order valence-electron chi connectivity index (χ0n) is 11.8. The third-order valence-corrected chi connectivity index (χ3v) is 4.17. The summed E-state index contributed by atoms with van der Waals surface area (Å²) in [5, 5.41) is 0.351. The van der Waals surface area contributed by atoms with Gasteiger partial charge in [0.15, 0.2) is 0 Å². The maximum atomic E-state index is 11.9. The van der Waals surface area contributed by atoms with E-state index in [1.54, 1.807) is 6.07 Å². The predicted molar refractivity (Wildman–Crippen MR) is 80.6 cm³/mol. The molecule has 1 amide bonds. The van der Waals surface area contributed by atoms with Gasteiger partial charge in [-0.25, -0.2) is 4.98 Å². The van der Waals surface area contributed by atoms with Gasteiger partial charge in [-0.05, 0) is 18.2 Å². The van der Waals surface area contributed by atoms with E-state index in [0.717, 1.165) is 11.1 Å². The van der Waals surface area contributed by atoms with Crippen LogP contribution in [0.4, 0.5) is 0 Å². The maximum Gasteiger partial charge on any atom is 0.224 e. The van der Waals surface area contributed by atoms with Gasteiger partial charge in [-0.15, -0.1) is 0 Å². The SMILES string of the molecule is CC(C)(C(N)=O)C1c2ccccc2Oc2nc(Cl)ccc21. The highest BCUT2D eigenvalue weighted by Crippen LogP contribution is 2.51. The number of aromatic nitrogens is 1. The van der Waals surface area contributed by atoms with Gasteiger partial charge in [0.1, 0.15) is 10.9 Å². The molecule has 108 valence electrons. The molecule has 21 heavy (non-hydrogen) atoms. The lowest BCUT2D eigenvalue weighted by Crippen LogP contribution is -2.38.